The Bertz CT molecular complexity index is 382. The van der Waals surface area contributed by atoms with Gasteiger partial charge in [-0.2, -0.15) is 5.10 Å². The fourth-order valence-corrected chi connectivity index (χ4v) is 1.67. The van der Waals surface area contributed by atoms with Crippen molar-refractivity contribution >= 4 is 5.97 Å². The number of ether oxygens (including phenoxy) is 1. The number of hydrogen-bond donors (Lipinski definition) is 1. The lowest BCUT2D eigenvalue weighted by molar-refractivity contribution is 0.0687. The smallest absolute Gasteiger partial charge is 0.356 e. The predicted molar refractivity (Wildman–Crippen MR) is 48.8 cm³/mol. The second-order valence-electron chi connectivity index (χ2n) is 3.60. The zero-order valence-electron chi connectivity index (χ0n) is 8.15. The SMILES string of the molecule is CC(C)c1c(C(=O)O)nn2c1OCC2. The highest BCUT2D eigenvalue weighted by atomic mass is 16.5. The van der Waals surface area contributed by atoms with Crippen molar-refractivity contribution < 1.29 is 14.6 Å². The lowest BCUT2D eigenvalue weighted by atomic mass is 10.0. The Labute approximate surface area is 81.3 Å². The molecule has 0 aliphatic carbocycles. The largest absolute Gasteiger partial charge is 0.476 e. The van der Waals surface area contributed by atoms with Gasteiger partial charge in [0.15, 0.2) is 5.69 Å². The first kappa shape index (κ1) is 9.05. The van der Waals surface area contributed by atoms with Gasteiger partial charge in [0.25, 0.3) is 0 Å². The summed E-state index contributed by atoms with van der Waals surface area (Å²) < 4.78 is 6.98. The Morgan fingerprint density at radius 2 is 2.36 bits per heavy atom. The maximum Gasteiger partial charge on any atom is 0.356 e. The van der Waals surface area contributed by atoms with Crippen molar-refractivity contribution in [1.82, 2.24) is 9.78 Å². The van der Waals surface area contributed by atoms with E-state index in [9.17, 15) is 4.79 Å². The predicted octanol–water partition coefficient (Wildman–Crippen LogP) is 1.10. The maximum atomic E-state index is 10.9. The number of carboxylic acid groups (broad SMARTS) is 1. The first-order chi connectivity index (χ1) is 6.61. The standard InChI is InChI=1S/C9H12N2O3/c1-5(2)6-7(9(12)13)10-11-3-4-14-8(6)11/h5H,3-4H2,1-2H3,(H,12,13). The van der Waals surface area contributed by atoms with Crippen LogP contribution in [0.25, 0.3) is 0 Å². The van der Waals surface area contributed by atoms with Gasteiger partial charge in [0.05, 0.1) is 12.1 Å². The third-order valence-corrected chi connectivity index (χ3v) is 2.26. The highest BCUT2D eigenvalue weighted by molar-refractivity contribution is 5.88. The van der Waals surface area contributed by atoms with Crippen molar-refractivity contribution in [3.05, 3.63) is 11.3 Å². The van der Waals surface area contributed by atoms with Gasteiger partial charge in [-0.05, 0) is 5.92 Å². The summed E-state index contributed by atoms with van der Waals surface area (Å²) in [5.74, 6) is -0.250. The Kier molecular flexibility index (Phi) is 1.94. The molecule has 1 aliphatic rings. The monoisotopic (exact) mass is 196 g/mol. The number of fused-ring (bicyclic) bond motifs is 1. The van der Waals surface area contributed by atoms with E-state index >= 15 is 0 Å². The molecule has 1 aromatic rings. The van der Waals surface area contributed by atoms with E-state index in [2.05, 4.69) is 5.10 Å². The molecule has 0 spiro atoms. The average Bonchev–Trinajstić information content (AvgIpc) is 2.58. The molecular formula is C9H12N2O3. The van der Waals surface area contributed by atoms with Gasteiger partial charge >= 0.3 is 5.97 Å². The topological polar surface area (TPSA) is 64.3 Å². The van der Waals surface area contributed by atoms with Crippen LogP contribution in [-0.4, -0.2) is 27.5 Å². The van der Waals surface area contributed by atoms with E-state index in [1.165, 1.54) is 0 Å². The molecule has 2 rings (SSSR count). The molecule has 0 saturated carbocycles. The van der Waals surface area contributed by atoms with E-state index in [1.54, 1.807) is 4.68 Å². The minimum Gasteiger partial charge on any atom is -0.476 e. The zero-order valence-corrected chi connectivity index (χ0v) is 8.15. The second kappa shape index (κ2) is 3.01. The lowest BCUT2D eigenvalue weighted by Gasteiger charge is -2.04. The number of nitrogens with zero attached hydrogens (tertiary/aromatic N) is 2. The van der Waals surface area contributed by atoms with Crippen LogP contribution in [0.1, 0.15) is 35.8 Å². The fourth-order valence-electron chi connectivity index (χ4n) is 1.67. The molecule has 0 fully saturated rings. The number of carboxylic acids is 1. The van der Waals surface area contributed by atoms with E-state index in [0.29, 0.717) is 24.6 Å². The van der Waals surface area contributed by atoms with Crippen molar-refractivity contribution in [2.24, 2.45) is 0 Å². The Morgan fingerprint density at radius 1 is 1.64 bits per heavy atom. The van der Waals surface area contributed by atoms with E-state index in [1.807, 2.05) is 13.8 Å². The quantitative estimate of drug-likeness (QED) is 0.769. The molecule has 5 nitrogen and oxygen atoms in total. The lowest BCUT2D eigenvalue weighted by Crippen LogP contribution is -2.06. The van der Waals surface area contributed by atoms with Crippen LogP contribution in [0, 0.1) is 0 Å². The Hall–Kier alpha value is -1.52. The molecular weight excluding hydrogens is 184 g/mol. The summed E-state index contributed by atoms with van der Waals surface area (Å²) in [5, 5.41) is 12.9. The summed E-state index contributed by atoms with van der Waals surface area (Å²) in [6, 6.07) is 0. The van der Waals surface area contributed by atoms with Gasteiger partial charge in [0.2, 0.25) is 5.88 Å². The summed E-state index contributed by atoms with van der Waals surface area (Å²) in [6.07, 6.45) is 0. The van der Waals surface area contributed by atoms with Crippen LogP contribution in [-0.2, 0) is 6.54 Å². The van der Waals surface area contributed by atoms with Crippen molar-refractivity contribution in [3.8, 4) is 5.88 Å². The molecule has 1 aromatic heterocycles. The van der Waals surface area contributed by atoms with Crippen LogP contribution in [0.4, 0.5) is 0 Å². The molecule has 1 aliphatic heterocycles. The normalized spacial score (nSPS) is 14.2. The van der Waals surface area contributed by atoms with Gasteiger partial charge in [0, 0.05) is 0 Å². The maximum absolute atomic E-state index is 10.9. The van der Waals surface area contributed by atoms with Gasteiger partial charge < -0.3 is 9.84 Å². The van der Waals surface area contributed by atoms with Crippen LogP contribution in [0.3, 0.4) is 0 Å². The molecule has 14 heavy (non-hydrogen) atoms. The summed E-state index contributed by atoms with van der Waals surface area (Å²) in [5.41, 5.74) is 0.824. The van der Waals surface area contributed by atoms with Crippen LogP contribution in [0.5, 0.6) is 5.88 Å². The number of carbonyl (C=O) groups is 1. The molecule has 0 saturated heterocycles. The third-order valence-electron chi connectivity index (χ3n) is 2.26. The van der Waals surface area contributed by atoms with Crippen molar-refractivity contribution in [2.75, 3.05) is 6.61 Å². The molecule has 0 radical (unpaired) electrons. The summed E-state index contributed by atoms with van der Waals surface area (Å²) >= 11 is 0. The molecule has 0 unspecified atom stereocenters. The molecule has 0 aromatic carbocycles. The van der Waals surface area contributed by atoms with Gasteiger partial charge in [-0.15, -0.1) is 0 Å². The number of rotatable bonds is 2. The summed E-state index contributed by atoms with van der Waals surface area (Å²) in [7, 11) is 0. The fraction of sp³-hybridized carbons (Fsp3) is 0.556. The Balaban J connectivity index is 2.57. The van der Waals surface area contributed by atoms with Crippen LogP contribution >= 0.6 is 0 Å². The zero-order chi connectivity index (χ0) is 10.3. The minimum atomic E-state index is -0.987. The first-order valence-electron chi connectivity index (χ1n) is 4.58. The van der Waals surface area contributed by atoms with E-state index in [0.717, 1.165) is 0 Å². The van der Waals surface area contributed by atoms with E-state index < -0.39 is 5.97 Å². The molecule has 2 heterocycles. The van der Waals surface area contributed by atoms with Crippen molar-refractivity contribution in [3.63, 3.8) is 0 Å². The van der Waals surface area contributed by atoms with Crippen LogP contribution < -0.4 is 4.74 Å². The Morgan fingerprint density at radius 3 is 2.93 bits per heavy atom. The van der Waals surface area contributed by atoms with Crippen LogP contribution in [0.2, 0.25) is 0 Å². The average molecular weight is 196 g/mol. The molecule has 1 N–H and O–H groups in total. The molecule has 0 bridgehead atoms. The minimum absolute atomic E-state index is 0.114. The number of aromatic nitrogens is 2. The molecule has 0 atom stereocenters. The molecule has 76 valence electrons. The molecule has 0 amide bonds. The van der Waals surface area contributed by atoms with Gasteiger partial charge in [-0.3, -0.25) is 0 Å². The van der Waals surface area contributed by atoms with Gasteiger partial charge in [-0.1, -0.05) is 13.8 Å². The van der Waals surface area contributed by atoms with Gasteiger partial charge in [0.1, 0.15) is 6.61 Å². The summed E-state index contributed by atoms with van der Waals surface area (Å²) in [6.45, 7) is 5.10. The number of aromatic carboxylic acids is 1. The first-order valence-corrected chi connectivity index (χ1v) is 4.58. The highest BCUT2D eigenvalue weighted by Gasteiger charge is 2.28. The highest BCUT2D eigenvalue weighted by Crippen LogP contribution is 2.32. The third kappa shape index (κ3) is 1.16. The van der Waals surface area contributed by atoms with E-state index in [4.69, 9.17) is 9.84 Å². The van der Waals surface area contributed by atoms with Gasteiger partial charge in [-0.25, -0.2) is 9.48 Å². The van der Waals surface area contributed by atoms with Crippen molar-refractivity contribution in [1.29, 1.82) is 0 Å². The number of hydrogen-bond acceptors (Lipinski definition) is 3. The van der Waals surface area contributed by atoms with Crippen LogP contribution in [0.15, 0.2) is 0 Å². The summed E-state index contributed by atoms with van der Waals surface area (Å²) in [4.78, 5) is 10.9. The molecule has 5 heteroatoms. The van der Waals surface area contributed by atoms with Crippen molar-refractivity contribution in [2.45, 2.75) is 26.3 Å². The second-order valence-corrected chi connectivity index (χ2v) is 3.60. The van der Waals surface area contributed by atoms with E-state index in [-0.39, 0.29) is 11.6 Å².